The van der Waals surface area contributed by atoms with E-state index in [-0.39, 0.29) is 6.04 Å². The van der Waals surface area contributed by atoms with Crippen LogP contribution in [0.15, 0.2) is 29.1 Å². The molecule has 0 saturated carbocycles. The topological polar surface area (TPSA) is 69.0 Å². The quantitative estimate of drug-likeness (QED) is 0.607. The summed E-state index contributed by atoms with van der Waals surface area (Å²) < 4.78 is 7.31. The summed E-state index contributed by atoms with van der Waals surface area (Å²) in [6.45, 7) is 1.93. The average Bonchev–Trinajstić information content (AvgIpc) is 2.90. The lowest BCUT2D eigenvalue weighted by Crippen LogP contribution is -2.28. The molecule has 92 valence electrons. The minimum absolute atomic E-state index is 0.101. The van der Waals surface area contributed by atoms with Gasteiger partial charge in [0.05, 0.1) is 6.26 Å². The van der Waals surface area contributed by atoms with E-state index in [1.54, 1.807) is 6.26 Å². The molecule has 1 atom stereocenters. The minimum atomic E-state index is 0.101. The second-order valence-electron chi connectivity index (χ2n) is 4.20. The first-order valence-electron chi connectivity index (χ1n) is 5.68. The standard InChI is InChI=1S/C12H18N4O/c1-9-7-10(8-17-9)11(15-13)3-4-12-14-5-6-16(12)2/h5-8,11,15H,3-4,13H2,1-2H3. The number of aryl methyl sites for hydroxylation is 3. The fourth-order valence-corrected chi connectivity index (χ4v) is 1.90. The fraction of sp³-hybridized carbons (Fsp3) is 0.417. The average molecular weight is 234 g/mol. The van der Waals surface area contributed by atoms with Crippen molar-refractivity contribution < 1.29 is 4.42 Å². The number of imidazole rings is 1. The number of hydrogen-bond acceptors (Lipinski definition) is 4. The first-order valence-corrected chi connectivity index (χ1v) is 5.68. The van der Waals surface area contributed by atoms with Gasteiger partial charge in [-0.25, -0.2) is 4.98 Å². The van der Waals surface area contributed by atoms with Crippen LogP contribution in [0.25, 0.3) is 0 Å². The van der Waals surface area contributed by atoms with Crippen LogP contribution in [0.1, 0.15) is 29.6 Å². The van der Waals surface area contributed by atoms with Crippen LogP contribution in [-0.4, -0.2) is 9.55 Å². The minimum Gasteiger partial charge on any atom is -0.469 e. The van der Waals surface area contributed by atoms with E-state index in [2.05, 4.69) is 10.4 Å². The Labute approximate surface area is 101 Å². The highest BCUT2D eigenvalue weighted by molar-refractivity contribution is 5.16. The van der Waals surface area contributed by atoms with Crippen molar-refractivity contribution in [3.05, 3.63) is 41.9 Å². The molecule has 0 fully saturated rings. The SMILES string of the molecule is Cc1cc(C(CCc2nccn2C)NN)co1. The highest BCUT2D eigenvalue weighted by atomic mass is 16.3. The number of hydrogen-bond donors (Lipinski definition) is 2. The van der Waals surface area contributed by atoms with Crippen LogP contribution in [0.3, 0.4) is 0 Å². The van der Waals surface area contributed by atoms with Gasteiger partial charge in [0.1, 0.15) is 11.6 Å². The normalized spacial score (nSPS) is 12.9. The molecular formula is C12H18N4O. The molecule has 17 heavy (non-hydrogen) atoms. The van der Waals surface area contributed by atoms with Gasteiger partial charge in [0.25, 0.3) is 0 Å². The zero-order valence-corrected chi connectivity index (χ0v) is 10.2. The zero-order chi connectivity index (χ0) is 12.3. The lowest BCUT2D eigenvalue weighted by molar-refractivity contribution is 0.489. The molecule has 2 heterocycles. The van der Waals surface area contributed by atoms with Gasteiger partial charge >= 0.3 is 0 Å². The predicted octanol–water partition coefficient (Wildman–Crippen LogP) is 1.46. The van der Waals surface area contributed by atoms with Crippen LogP contribution < -0.4 is 11.3 Å². The molecule has 0 amide bonds. The summed E-state index contributed by atoms with van der Waals surface area (Å²) in [4.78, 5) is 4.29. The molecule has 1 unspecified atom stereocenters. The predicted molar refractivity (Wildman–Crippen MR) is 65.0 cm³/mol. The molecule has 5 nitrogen and oxygen atoms in total. The van der Waals surface area contributed by atoms with Crippen LogP contribution >= 0.6 is 0 Å². The van der Waals surface area contributed by atoms with E-state index in [4.69, 9.17) is 10.3 Å². The Kier molecular flexibility index (Phi) is 3.61. The molecule has 0 spiro atoms. The Morgan fingerprint density at radius 3 is 2.94 bits per heavy atom. The Bertz CT molecular complexity index is 474. The number of rotatable bonds is 5. The summed E-state index contributed by atoms with van der Waals surface area (Å²) in [5, 5.41) is 0. The van der Waals surface area contributed by atoms with Gasteiger partial charge in [0.2, 0.25) is 0 Å². The lowest BCUT2D eigenvalue weighted by atomic mass is 10.1. The summed E-state index contributed by atoms with van der Waals surface area (Å²) in [7, 11) is 2.00. The smallest absolute Gasteiger partial charge is 0.108 e. The van der Waals surface area contributed by atoms with Crippen molar-refractivity contribution in [3.63, 3.8) is 0 Å². The third-order valence-electron chi connectivity index (χ3n) is 2.93. The van der Waals surface area contributed by atoms with E-state index in [0.29, 0.717) is 0 Å². The van der Waals surface area contributed by atoms with Crippen molar-refractivity contribution in [3.8, 4) is 0 Å². The van der Waals surface area contributed by atoms with Gasteiger partial charge in [0, 0.05) is 37.5 Å². The molecule has 0 radical (unpaired) electrons. The van der Waals surface area contributed by atoms with Gasteiger partial charge in [-0.05, 0) is 19.4 Å². The van der Waals surface area contributed by atoms with Gasteiger partial charge in [-0.1, -0.05) is 0 Å². The molecule has 0 aliphatic carbocycles. The molecule has 2 aromatic rings. The second-order valence-corrected chi connectivity index (χ2v) is 4.20. The number of furan rings is 1. The van der Waals surface area contributed by atoms with Crippen molar-refractivity contribution >= 4 is 0 Å². The van der Waals surface area contributed by atoms with Crippen LogP contribution in [-0.2, 0) is 13.5 Å². The van der Waals surface area contributed by atoms with Crippen LogP contribution in [0.5, 0.6) is 0 Å². The lowest BCUT2D eigenvalue weighted by Gasteiger charge is -2.13. The Hall–Kier alpha value is -1.59. The molecule has 2 aromatic heterocycles. The molecule has 0 aliphatic heterocycles. The van der Waals surface area contributed by atoms with Crippen molar-refractivity contribution in [2.45, 2.75) is 25.8 Å². The molecule has 3 N–H and O–H groups in total. The monoisotopic (exact) mass is 234 g/mol. The number of nitrogens with two attached hydrogens (primary N) is 1. The van der Waals surface area contributed by atoms with Gasteiger partial charge in [0.15, 0.2) is 0 Å². The van der Waals surface area contributed by atoms with Crippen molar-refractivity contribution in [2.24, 2.45) is 12.9 Å². The molecule has 0 bridgehead atoms. The Morgan fingerprint density at radius 1 is 1.59 bits per heavy atom. The van der Waals surface area contributed by atoms with Crippen LogP contribution in [0, 0.1) is 6.92 Å². The first kappa shape index (κ1) is 11.9. The molecular weight excluding hydrogens is 216 g/mol. The zero-order valence-electron chi connectivity index (χ0n) is 10.2. The molecule has 0 aliphatic rings. The van der Waals surface area contributed by atoms with Crippen LogP contribution in [0.4, 0.5) is 0 Å². The van der Waals surface area contributed by atoms with E-state index in [1.807, 2.05) is 37.0 Å². The number of hydrazine groups is 1. The summed E-state index contributed by atoms with van der Waals surface area (Å²) >= 11 is 0. The third kappa shape index (κ3) is 2.75. The summed E-state index contributed by atoms with van der Waals surface area (Å²) in [5.74, 6) is 7.53. The van der Waals surface area contributed by atoms with Gasteiger partial charge < -0.3 is 8.98 Å². The maximum absolute atomic E-state index is 5.57. The Balaban J connectivity index is 1.99. The molecule has 0 saturated heterocycles. The van der Waals surface area contributed by atoms with E-state index in [1.165, 1.54) is 0 Å². The third-order valence-corrected chi connectivity index (χ3v) is 2.93. The van der Waals surface area contributed by atoms with E-state index in [0.717, 1.165) is 30.0 Å². The van der Waals surface area contributed by atoms with E-state index < -0.39 is 0 Å². The van der Waals surface area contributed by atoms with E-state index >= 15 is 0 Å². The van der Waals surface area contributed by atoms with Gasteiger partial charge in [-0.3, -0.25) is 11.3 Å². The molecule has 5 heteroatoms. The van der Waals surface area contributed by atoms with Crippen molar-refractivity contribution in [1.29, 1.82) is 0 Å². The molecule has 2 rings (SSSR count). The highest BCUT2D eigenvalue weighted by Gasteiger charge is 2.13. The summed E-state index contributed by atoms with van der Waals surface area (Å²) in [6, 6.07) is 2.10. The maximum atomic E-state index is 5.57. The highest BCUT2D eigenvalue weighted by Crippen LogP contribution is 2.20. The van der Waals surface area contributed by atoms with Crippen molar-refractivity contribution in [2.75, 3.05) is 0 Å². The van der Waals surface area contributed by atoms with Crippen LogP contribution in [0.2, 0.25) is 0 Å². The van der Waals surface area contributed by atoms with Gasteiger partial charge in [-0.15, -0.1) is 0 Å². The maximum Gasteiger partial charge on any atom is 0.108 e. The number of nitrogens with zero attached hydrogens (tertiary/aromatic N) is 2. The summed E-state index contributed by atoms with van der Waals surface area (Å²) in [5.41, 5.74) is 3.90. The van der Waals surface area contributed by atoms with Crippen molar-refractivity contribution in [1.82, 2.24) is 15.0 Å². The second kappa shape index (κ2) is 5.16. The Morgan fingerprint density at radius 2 is 2.41 bits per heavy atom. The van der Waals surface area contributed by atoms with E-state index in [9.17, 15) is 0 Å². The summed E-state index contributed by atoms with van der Waals surface area (Å²) in [6.07, 6.45) is 7.27. The molecule has 0 aromatic carbocycles. The number of nitrogens with one attached hydrogen (secondary N) is 1. The van der Waals surface area contributed by atoms with Gasteiger partial charge in [-0.2, -0.15) is 0 Å². The largest absolute Gasteiger partial charge is 0.469 e. The number of aromatic nitrogens is 2. The first-order chi connectivity index (χ1) is 8.20. The fourth-order valence-electron chi connectivity index (χ4n) is 1.90.